The summed E-state index contributed by atoms with van der Waals surface area (Å²) in [7, 11) is 0. The predicted molar refractivity (Wildman–Crippen MR) is 63.6 cm³/mol. The average molecular weight is 218 g/mol. The zero-order chi connectivity index (χ0) is 11.1. The standard InChI is InChI=1S/C13H18N2O/c14-9-5-4-8-7-15-11-2-1-3-12(16)13(11)10(8)6-9/h4-6,8,11-12,15-16H,1-3,7,14H2. The molecule has 3 unspecified atom stereocenters. The topological polar surface area (TPSA) is 58.3 Å². The van der Waals surface area contributed by atoms with Crippen molar-refractivity contribution >= 4 is 0 Å². The van der Waals surface area contributed by atoms with Crippen LogP contribution in [0.1, 0.15) is 19.3 Å². The van der Waals surface area contributed by atoms with Crippen LogP contribution in [-0.2, 0) is 0 Å². The van der Waals surface area contributed by atoms with Crippen LogP contribution >= 0.6 is 0 Å². The minimum absolute atomic E-state index is 0.278. The maximum absolute atomic E-state index is 10.1. The van der Waals surface area contributed by atoms with Gasteiger partial charge >= 0.3 is 0 Å². The van der Waals surface area contributed by atoms with E-state index in [-0.39, 0.29) is 6.10 Å². The molecule has 3 heteroatoms. The van der Waals surface area contributed by atoms with Crippen LogP contribution in [0.5, 0.6) is 0 Å². The Kier molecular flexibility index (Phi) is 2.37. The van der Waals surface area contributed by atoms with Gasteiger partial charge in [-0.15, -0.1) is 0 Å². The first-order chi connectivity index (χ1) is 7.75. The monoisotopic (exact) mass is 218 g/mol. The van der Waals surface area contributed by atoms with Gasteiger partial charge in [-0.3, -0.25) is 0 Å². The van der Waals surface area contributed by atoms with Gasteiger partial charge in [0, 0.05) is 24.2 Å². The summed E-state index contributed by atoms with van der Waals surface area (Å²) in [6.45, 7) is 0.969. The van der Waals surface area contributed by atoms with Gasteiger partial charge in [0.05, 0.1) is 6.10 Å². The molecule has 0 aromatic heterocycles. The van der Waals surface area contributed by atoms with E-state index in [9.17, 15) is 5.11 Å². The molecule has 3 aliphatic rings. The first-order valence-corrected chi connectivity index (χ1v) is 6.06. The fourth-order valence-electron chi connectivity index (χ4n) is 3.07. The number of hydrogen-bond donors (Lipinski definition) is 3. The number of fused-ring (bicyclic) bond motifs is 2. The van der Waals surface area contributed by atoms with Gasteiger partial charge in [-0.05, 0) is 42.6 Å². The van der Waals surface area contributed by atoms with E-state index < -0.39 is 0 Å². The molecule has 3 rings (SSSR count). The van der Waals surface area contributed by atoms with Crippen molar-refractivity contribution in [1.29, 1.82) is 0 Å². The summed E-state index contributed by atoms with van der Waals surface area (Å²) >= 11 is 0. The summed E-state index contributed by atoms with van der Waals surface area (Å²) in [5, 5.41) is 13.7. The Morgan fingerprint density at radius 2 is 2.25 bits per heavy atom. The lowest BCUT2D eigenvalue weighted by Crippen LogP contribution is -2.46. The lowest BCUT2D eigenvalue weighted by Gasteiger charge is -2.39. The molecule has 0 aromatic rings. The maximum Gasteiger partial charge on any atom is 0.0771 e. The molecule has 0 spiro atoms. The molecule has 0 bridgehead atoms. The Morgan fingerprint density at radius 1 is 1.38 bits per heavy atom. The van der Waals surface area contributed by atoms with Crippen molar-refractivity contribution in [3.05, 3.63) is 35.1 Å². The highest BCUT2D eigenvalue weighted by atomic mass is 16.3. The van der Waals surface area contributed by atoms with E-state index in [1.165, 1.54) is 11.1 Å². The summed E-state index contributed by atoms with van der Waals surface area (Å²) in [4.78, 5) is 0. The zero-order valence-corrected chi connectivity index (χ0v) is 9.32. The Hall–Kier alpha value is -1.06. The Balaban J connectivity index is 2.06. The SMILES string of the molecule is NC1=CC2=C3C(O)CCCC3NCC2C=C1. The Morgan fingerprint density at radius 3 is 3.12 bits per heavy atom. The van der Waals surface area contributed by atoms with E-state index in [2.05, 4.69) is 11.4 Å². The van der Waals surface area contributed by atoms with Crippen LogP contribution in [0.3, 0.4) is 0 Å². The molecule has 16 heavy (non-hydrogen) atoms. The van der Waals surface area contributed by atoms with E-state index in [1.807, 2.05) is 12.2 Å². The van der Waals surface area contributed by atoms with Crippen molar-refractivity contribution in [2.75, 3.05) is 6.54 Å². The summed E-state index contributed by atoms with van der Waals surface area (Å²) in [5.41, 5.74) is 9.10. The second-order valence-corrected chi connectivity index (χ2v) is 4.93. The van der Waals surface area contributed by atoms with Gasteiger partial charge in [0.1, 0.15) is 0 Å². The van der Waals surface area contributed by atoms with Gasteiger partial charge in [-0.25, -0.2) is 0 Å². The van der Waals surface area contributed by atoms with Crippen molar-refractivity contribution in [3.63, 3.8) is 0 Å². The fourth-order valence-corrected chi connectivity index (χ4v) is 3.07. The molecule has 3 nitrogen and oxygen atoms in total. The Bertz CT molecular complexity index is 395. The normalized spacial score (nSPS) is 37.8. The molecule has 1 fully saturated rings. The number of allylic oxidation sites excluding steroid dienone is 2. The third kappa shape index (κ3) is 1.51. The first-order valence-electron chi connectivity index (χ1n) is 6.06. The number of hydrogen-bond acceptors (Lipinski definition) is 3. The van der Waals surface area contributed by atoms with Gasteiger partial charge < -0.3 is 16.2 Å². The highest BCUT2D eigenvalue weighted by Gasteiger charge is 2.34. The lowest BCUT2D eigenvalue weighted by molar-refractivity contribution is 0.159. The van der Waals surface area contributed by atoms with Crippen LogP contribution < -0.4 is 11.1 Å². The van der Waals surface area contributed by atoms with Gasteiger partial charge in [0.15, 0.2) is 0 Å². The van der Waals surface area contributed by atoms with E-state index >= 15 is 0 Å². The van der Waals surface area contributed by atoms with Gasteiger partial charge in [0.2, 0.25) is 0 Å². The smallest absolute Gasteiger partial charge is 0.0771 e. The van der Waals surface area contributed by atoms with Gasteiger partial charge in [-0.2, -0.15) is 0 Å². The van der Waals surface area contributed by atoms with Crippen LogP contribution in [0.4, 0.5) is 0 Å². The molecule has 0 radical (unpaired) electrons. The molecule has 1 heterocycles. The van der Waals surface area contributed by atoms with E-state index in [0.29, 0.717) is 12.0 Å². The molecular weight excluding hydrogens is 200 g/mol. The molecule has 4 N–H and O–H groups in total. The highest BCUT2D eigenvalue weighted by Crippen LogP contribution is 2.35. The molecule has 2 aliphatic carbocycles. The lowest BCUT2D eigenvalue weighted by atomic mass is 9.76. The molecule has 0 amide bonds. The Labute approximate surface area is 95.7 Å². The molecule has 1 saturated carbocycles. The molecule has 86 valence electrons. The summed E-state index contributed by atoms with van der Waals surface area (Å²) in [5.74, 6) is 0.395. The van der Waals surface area contributed by atoms with Gasteiger partial charge in [0.25, 0.3) is 0 Å². The van der Waals surface area contributed by atoms with Crippen molar-refractivity contribution in [2.45, 2.75) is 31.4 Å². The van der Waals surface area contributed by atoms with Crippen molar-refractivity contribution in [2.24, 2.45) is 11.7 Å². The third-order valence-corrected chi connectivity index (χ3v) is 3.86. The quantitative estimate of drug-likeness (QED) is 0.564. The number of nitrogens with two attached hydrogens (primary N) is 1. The van der Waals surface area contributed by atoms with Crippen LogP contribution in [0, 0.1) is 5.92 Å². The fraction of sp³-hybridized carbons (Fsp3) is 0.538. The minimum atomic E-state index is -0.278. The first kappa shape index (κ1) is 10.1. The molecule has 3 atom stereocenters. The van der Waals surface area contributed by atoms with E-state index in [4.69, 9.17) is 5.73 Å². The summed E-state index contributed by atoms with van der Waals surface area (Å²) in [6.07, 6.45) is 9.01. The maximum atomic E-state index is 10.1. The van der Waals surface area contributed by atoms with Gasteiger partial charge in [-0.1, -0.05) is 6.08 Å². The second-order valence-electron chi connectivity index (χ2n) is 4.93. The van der Waals surface area contributed by atoms with E-state index in [0.717, 1.165) is 31.5 Å². The molecular formula is C13H18N2O. The van der Waals surface area contributed by atoms with Crippen LogP contribution in [0.2, 0.25) is 0 Å². The van der Waals surface area contributed by atoms with Crippen LogP contribution in [-0.4, -0.2) is 23.8 Å². The minimum Gasteiger partial charge on any atom is -0.399 e. The summed E-state index contributed by atoms with van der Waals surface area (Å²) < 4.78 is 0. The number of aliphatic hydroxyl groups excluding tert-OH is 1. The molecule has 0 aromatic carbocycles. The van der Waals surface area contributed by atoms with Crippen LogP contribution in [0.15, 0.2) is 35.1 Å². The third-order valence-electron chi connectivity index (χ3n) is 3.86. The van der Waals surface area contributed by atoms with Crippen LogP contribution in [0.25, 0.3) is 0 Å². The second kappa shape index (κ2) is 3.75. The molecule has 0 saturated heterocycles. The number of nitrogens with one attached hydrogen (secondary N) is 1. The summed E-state index contributed by atoms with van der Waals surface area (Å²) in [6, 6.07) is 0.366. The van der Waals surface area contributed by atoms with Crippen molar-refractivity contribution in [1.82, 2.24) is 5.32 Å². The number of rotatable bonds is 0. The largest absolute Gasteiger partial charge is 0.399 e. The predicted octanol–water partition coefficient (Wildman–Crippen LogP) is 0.828. The average Bonchev–Trinajstić information content (AvgIpc) is 2.28. The van der Waals surface area contributed by atoms with Crippen molar-refractivity contribution in [3.8, 4) is 0 Å². The molecule has 1 aliphatic heterocycles. The van der Waals surface area contributed by atoms with E-state index in [1.54, 1.807) is 0 Å². The highest BCUT2D eigenvalue weighted by molar-refractivity contribution is 5.45. The number of aliphatic hydroxyl groups is 1. The zero-order valence-electron chi connectivity index (χ0n) is 9.32. The van der Waals surface area contributed by atoms with Crippen molar-refractivity contribution < 1.29 is 5.11 Å².